The molecule has 0 bridgehead atoms. The molecule has 0 aromatic heterocycles. The first-order valence-electron chi connectivity index (χ1n) is 5.57. The van der Waals surface area contributed by atoms with Gasteiger partial charge in [-0.25, -0.2) is 0 Å². The minimum atomic E-state index is -0.0183. The molecule has 2 rings (SSSR count). The normalized spacial score (nSPS) is 27.9. The van der Waals surface area contributed by atoms with E-state index in [0.717, 1.165) is 13.0 Å². The molecule has 1 fully saturated rings. The van der Waals surface area contributed by atoms with E-state index in [2.05, 4.69) is 31.2 Å². The molecule has 0 amide bonds. The molecule has 0 aliphatic carbocycles. The minimum absolute atomic E-state index is 0.0183. The average molecular weight is 206 g/mol. The first-order chi connectivity index (χ1) is 7.25. The molecule has 2 heteroatoms. The summed E-state index contributed by atoms with van der Waals surface area (Å²) in [5.41, 5.74) is 1.35. The van der Waals surface area contributed by atoms with Crippen LogP contribution in [0.1, 0.15) is 31.7 Å². The second kappa shape index (κ2) is 4.77. The minimum Gasteiger partial charge on any atom is -0.350 e. The maximum absolute atomic E-state index is 5.63. The molecule has 1 aromatic carbocycles. The van der Waals surface area contributed by atoms with Gasteiger partial charge in [-0.15, -0.1) is 0 Å². The van der Waals surface area contributed by atoms with E-state index >= 15 is 0 Å². The molecule has 0 spiro atoms. The third-order valence-electron chi connectivity index (χ3n) is 2.82. The molecular weight excluding hydrogens is 188 g/mol. The summed E-state index contributed by atoms with van der Waals surface area (Å²) in [6.45, 7) is 4.99. The van der Waals surface area contributed by atoms with Gasteiger partial charge < -0.3 is 9.47 Å². The summed E-state index contributed by atoms with van der Waals surface area (Å²) in [5, 5.41) is 0. The number of benzene rings is 1. The highest BCUT2D eigenvalue weighted by Crippen LogP contribution is 2.25. The Balaban J connectivity index is 1.90. The van der Waals surface area contributed by atoms with E-state index in [1.807, 2.05) is 13.0 Å². The quantitative estimate of drug-likeness (QED) is 0.757. The molecule has 1 saturated heterocycles. The standard InChI is InChI=1S/C13H18O2/c1-10(12-6-4-3-5-7-12)8-13-14-9-11(2)15-13/h3-7,10-11,13H,8-9H2,1-2H3/t10-,11-,13+/m1/s1. The van der Waals surface area contributed by atoms with Crippen LogP contribution in [0.5, 0.6) is 0 Å². The Kier molecular flexibility index (Phi) is 3.39. The first-order valence-corrected chi connectivity index (χ1v) is 5.57. The molecule has 15 heavy (non-hydrogen) atoms. The highest BCUT2D eigenvalue weighted by molar-refractivity contribution is 5.18. The molecule has 0 saturated carbocycles. The summed E-state index contributed by atoms with van der Waals surface area (Å²) in [5.74, 6) is 0.487. The van der Waals surface area contributed by atoms with Crippen molar-refractivity contribution in [3.63, 3.8) is 0 Å². The van der Waals surface area contributed by atoms with Crippen LogP contribution in [-0.4, -0.2) is 19.0 Å². The molecule has 1 heterocycles. The second-order valence-corrected chi connectivity index (χ2v) is 4.26. The van der Waals surface area contributed by atoms with E-state index in [1.54, 1.807) is 0 Å². The van der Waals surface area contributed by atoms with Crippen molar-refractivity contribution in [1.82, 2.24) is 0 Å². The van der Waals surface area contributed by atoms with E-state index < -0.39 is 0 Å². The van der Waals surface area contributed by atoms with Crippen molar-refractivity contribution < 1.29 is 9.47 Å². The number of rotatable bonds is 3. The summed E-state index contributed by atoms with van der Waals surface area (Å²) >= 11 is 0. The van der Waals surface area contributed by atoms with E-state index in [4.69, 9.17) is 9.47 Å². The summed E-state index contributed by atoms with van der Waals surface area (Å²) in [4.78, 5) is 0. The van der Waals surface area contributed by atoms with Crippen LogP contribution in [0.3, 0.4) is 0 Å². The molecule has 0 unspecified atom stereocenters. The fraction of sp³-hybridized carbons (Fsp3) is 0.538. The summed E-state index contributed by atoms with van der Waals surface area (Å²) in [7, 11) is 0. The predicted octanol–water partition coefficient (Wildman–Crippen LogP) is 2.94. The van der Waals surface area contributed by atoms with E-state index in [9.17, 15) is 0 Å². The summed E-state index contributed by atoms with van der Waals surface area (Å²) in [6, 6.07) is 10.5. The van der Waals surface area contributed by atoms with Gasteiger partial charge in [0.1, 0.15) is 0 Å². The smallest absolute Gasteiger partial charge is 0.158 e. The average Bonchev–Trinajstić information content (AvgIpc) is 2.65. The molecule has 1 aliphatic heterocycles. The Labute approximate surface area is 91.2 Å². The number of hydrogen-bond donors (Lipinski definition) is 0. The lowest BCUT2D eigenvalue weighted by molar-refractivity contribution is -0.0624. The Hall–Kier alpha value is -0.860. The van der Waals surface area contributed by atoms with Crippen LogP contribution in [-0.2, 0) is 9.47 Å². The zero-order chi connectivity index (χ0) is 10.7. The van der Waals surface area contributed by atoms with Gasteiger partial charge in [-0.3, -0.25) is 0 Å². The van der Waals surface area contributed by atoms with Crippen molar-refractivity contribution in [3.8, 4) is 0 Å². The van der Waals surface area contributed by atoms with Crippen molar-refractivity contribution in [1.29, 1.82) is 0 Å². The lowest BCUT2D eigenvalue weighted by Crippen LogP contribution is -2.12. The topological polar surface area (TPSA) is 18.5 Å². The van der Waals surface area contributed by atoms with Crippen molar-refractivity contribution in [3.05, 3.63) is 35.9 Å². The Morgan fingerprint density at radius 1 is 1.33 bits per heavy atom. The van der Waals surface area contributed by atoms with Crippen molar-refractivity contribution in [2.45, 2.75) is 38.6 Å². The molecule has 2 nitrogen and oxygen atoms in total. The highest BCUT2D eigenvalue weighted by atomic mass is 16.7. The summed E-state index contributed by atoms with van der Waals surface area (Å²) < 4.78 is 11.2. The van der Waals surface area contributed by atoms with Gasteiger partial charge in [0.15, 0.2) is 6.29 Å². The van der Waals surface area contributed by atoms with E-state index in [0.29, 0.717) is 5.92 Å². The predicted molar refractivity (Wildman–Crippen MR) is 59.8 cm³/mol. The molecule has 3 atom stereocenters. The van der Waals surface area contributed by atoms with Gasteiger partial charge in [-0.1, -0.05) is 37.3 Å². The largest absolute Gasteiger partial charge is 0.350 e. The van der Waals surface area contributed by atoms with Crippen LogP contribution in [0.2, 0.25) is 0 Å². The highest BCUT2D eigenvalue weighted by Gasteiger charge is 2.24. The second-order valence-electron chi connectivity index (χ2n) is 4.26. The van der Waals surface area contributed by atoms with E-state index in [1.165, 1.54) is 5.56 Å². The van der Waals surface area contributed by atoms with Crippen molar-refractivity contribution in [2.75, 3.05) is 6.61 Å². The van der Waals surface area contributed by atoms with Gasteiger partial charge in [0.2, 0.25) is 0 Å². The summed E-state index contributed by atoms with van der Waals surface area (Å²) in [6.07, 6.45) is 1.17. The van der Waals surface area contributed by atoms with Crippen LogP contribution in [0.25, 0.3) is 0 Å². The van der Waals surface area contributed by atoms with Crippen LogP contribution in [0.4, 0.5) is 0 Å². The molecule has 0 N–H and O–H groups in total. The third kappa shape index (κ3) is 2.80. The number of hydrogen-bond acceptors (Lipinski definition) is 2. The van der Waals surface area contributed by atoms with Crippen LogP contribution in [0.15, 0.2) is 30.3 Å². The molecule has 1 aliphatic rings. The fourth-order valence-electron chi connectivity index (χ4n) is 1.91. The van der Waals surface area contributed by atoms with Crippen LogP contribution < -0.4 is 0 Å². The Bertz CT molecular complexity index is 297. The SMILES string of the molecule is C[C@@H]1CO[C@H](C[C@@H](C)c2ccccc2)O1. The fourth-order valence-corrected chi connectivity index (χ4v) is 1.91. The van der Waals surface area contributed by atoms with Crippen LogP contribution >= 0.6 is 0 Å². The first kappa shape index (κ1) is 10.7. The van der Waals surface area contributed by atoms with Gasteiger partial charge >= 0.3 is 0 Å². The van der Waals surface area contributed by atoms with Gasteiger partial charge in [-0.05, 0) is 18.4 Å². The zero-order valence-corrected chi connectivity index (χ0v) is 9.35. The van der Waals surface area contributed by atoms with Gasteiger partial charge in [-0.2, -0.15) is 0 Å². The molecule has 82 valence electrons. The Morgan fingerprint density at radius 2 is 2.07 bits per heavy atom. The number of ether oxygens (including phenoxy) is 2. The molecule has 0 radical (unpaired) electrons. The Morgan fingerprint density at radius 3 is 2.67 bits per heavy atom. The molecular formula is C13H18O2. The zero-order valence-electron chi connectivity index (χ0n) is 9.35. The molecule has 1 aromatic rings. The lowest BCUT2D eigenvalue weighted by Gasteiger charge is -2.16. The van der Waals surface area contributed by atoms with Gasteiger partial charge in [0.05, 0.1) is 12.7 Å². The van der Waals surface area contributed by atoms with Gasteiger partial charge in [0.25, 0.3) is 0 Å². The van der Waals surface area contributed by atoms with Gasteiger partial charge in [0, 0.05) is 6.42 Å². The third-order valence-corrected chi connectivity index (χ3v) is 2.82. The maximum Gasteiger partial charge on any atom is 0.158 e. The van der Waals surface area contributed by atoms with Crippen molar-refractivity contribution in [2.24, 2.45) is 0 Å². The lowest BCUT2D eigenvalue weighted by atomic mass is 9.98. The van der Waals surface area contributed by atoms with Crippen molar-refractivity contribution >= 4 is 0 Å². The van der Waals surface area contributed by atoms with E-state index in [-0.39, 0.29) is 12.4 Å². The monoisotopic (exact) mass is 206 g/mol. The van der Waals surface area contributed by atoms with Crippen LogP contribution in [0, 0.1) is 0 Å². The maximum atomic E-state index is 5.63.